The number of aromatic amines is 1. The van der Waals surface area contributed by atoms with Gasteiger partial charge in [0, 0.05) is 35.1 Å². The molecule has 0 spiro atoms. The lowest BCUT2D eigenvalue weighted by molar-refractivity contribution is -0.120. The molecule has 2 N–H and O–H groups in total. The van der Waals surface area contributed by atoms with Gasteiger partial charge in [0.2, 0.25) is 0 Å². The van der Waals surface area contributed by atoms with E-state index in [4.69, 9.17) is 4.74 Å². The monoisotopic (exact) mass is 584 g/mol. The van der Waals surface area contributed by atoms with Crippen molar-refractivity contribution in [1.82, 2.24) is 15.2 Å². The van der Waals surface area contributed by atoms with Gasteiger partial charge in [-0.3, -0.25) is 14.5 Å². The van der Waals surface area contributed by atoms with E-state index in [-0.39, 0.29) is 17.8 Å². The molecular formula is C36H32N4O4. The van der Waals surface area contributed by atoms with E-state index >= 15 is 0 Å². The molecule has 7 rings (SSSR count). The lowest BCUT2D eigenvalue weighted by atomic mass is 9.88. The zero-order valence-electron chi connectivity index (χ0n) is 24.5. The summed E-state index contributed by atoms with van der Waals surface area (Å²) in [5.41, 5.74) is 7.05. The van der Waals surface area contributed by atoms with Crippen molar-refractivity contribution in [2.75, 3.05) is 18.6 Å². The number of fused-ring (bicyclic) bond motifs is 4. The van der Waals surface area contributed by atoms with Crippen LogP contribution in [0.5, 0.6) is 5.75 Å². The first-order chi connectivity index (χ1) is 21.4. The van der Waals surface area contributed by atoms with E-state index in [1.54, 1.807) is 36.3 Å². The molecule has 0 saturated carbocycles. The third-order valence-corrected chi connectivity index (χ3v) is 8.69. The number of imide groups is 1. The normalized spacial score (nSPS) is 17.5. The van der Waals surface area contributed by atoms with Crippen molar-refractivity contribution in [2.45, 2.75) is 31.8 Å². The number of ether oxygens (including phenoxy) is 1. The Bertz CT molecular complexity index is 1880. The second kappa shape index (κ2) is 11.0. The lowest BCUT2D eigenvalue weighted by Gasteiger charge is -2.36. The lowest BCUT2D eigenvalue weighted by Crippen LogP contribution is -2.44. The summed E-state index contributed by atoms with van der Waals surface area (Å²) in [4.78, 5) is 47.4. The van der Waals surface area contributed by atoms with Crippen molar-refractivity contribution in [2.24, 2.45) is 0 Å². The van der Waals surface area contributed by atoms with Crippen LogP contribution in [0.1, 0.15) is 44.3 Å². The Kier molecular flexibility index (Phi) is 6.89. The van der Waals surface area contributed by atoms with Crippen LogP contribution in [0.2, 0.25) is 0 Å². The number of aromatic nitrogens is 1. The maximum absolute atomic E-state index is 14.1. The van der Waals surface area contributed by atoms with E-state index in [0.717, 1.165) is 44.6 Å². The maximum Gasteiger partial charge on any atom is 0.332 e. The summed E-state index contributed by atoms with van der Waals surface area (Å²) in [7, 11) is 1.63. The van der Waals surface area contributed by atoms with E-state index in [1.165, 1.54) is 4.90 Å². The zero-order chi connectivity index (χ0) is 30.4. The van der Waals surface area contributed by atoms with Crippen molar-refractivity contribution in [3.05, 3.63) is 131 Å². The number of amides is 4. The predicted molar refractivity (Wildman–Crippen MR) is 169 cm³/mol. The first-order valence-electron chi connectivity index (χ1n) is 14.8. The van der Waals surface area contributed by atoms with Crippen LogP contribution in [0.4, 0.5) is 10.5 Å². The van der Waals surface area contributed by atoms with Crippen LogP contribution >= 0.6 is 0 Å². The second-order valence-electron chi connectivity index (χ2n) is 11.4. The van der Waals surface area contributed by atoms with Gasteiger partial charge in [0.05, 0.1) is 12.8 Å². The minimum absolute atomic E-state index is 0.216. The molecule has 8 nitrogen and oxygen atoms in total. The Balaban J connectivity index is 1.13. The first kappa shape index (κ1) is 27.5. The largest absolute Gasteiger partial charge is 0.497 e. The number of methoxy groups -OCH3 is 1. The number of nitrogens with zero attached hydrogens (tertiary/aromatic N) is 2. The van der Waals surface area contributed by atoms with E-state index in [9.17, 15) is 14.4 Å². The van der Waals surface area contributed by atoms with Crippen LogP contribution in [0.25, 0.3) is 10.9 Å². The van der Waals surface area contributed by atoms with E-state index in [2.05, 4.69) is 16.4 Å². The van der Waals surface area contributed by atoms with Crippen molar-refractivity contribution in [1.29, 1.82) is 0 Å². The average molecular weight is 585 g/mol. The van der Waals surface area contributed by atoms with Gasteiger partial charge in [-0.2, -0.15) is 0 Å². The van der Waals surface area contributed by atoms with Gasteiger partial charge in [0.1, 0.15) is 17.8 Å². The van der Waals surface area contributed by atoms with E-state index in [0.29, 0.717) is 30.6 Å². The molecular weight excluding hydrogens is 552 g/mol. The molecule has 2 aliphatic heterocycles. The maximum atomic E-state index is 14.1. The summed E-state index contributed by atoms with van der Waals surface area (Å²) in [5, 5.41) is 4.01. The molecule has 1 saturated heterocycles. The Morgan fingerprint density at radius 1 is 0.932 bits per heavy atom. The van der Waals surface area contributed by atoms with E-state index in [1.807, 2.05) is 73.7 Å². The summed E-state index contributed by atoms with van der Waals surface area (Å²) < 4.78 is 5.19. The molecule has 44 heavy (non-hydrogen) atoms. The molecule has 2 aliphatic rings. The number of benzene rings is 4. The predicted octanol–water partition coefficient (Wildman–Crippen LogP) is 5.94. The van der Waals surface area contributed by atoms with Crippen LogP contribution < -0.4 is 15.0 Å². The fourth-order valence-electron chi connectivity index (χ4n) is 6.38. The number of hydrogen-bond acceptors (Lipinski definition) is 4. The third kappa shape index (κ3) is 4.68. The van der Waals surface area contributed by atoms with E-state index < -0.39 is 12.1 Å². The second-order valence-corrected chi connectivity index (χ2v) is 11.4. The highest BCUT2D eigenvalue weighted by Crippen LogP contribution is 2.44. The SMILES string of the molecule is COc1ccc(CCNC(=O)c2ccc(N3C(=O)[C@@H]4Cc5c([nH]c6ccccc56)[C@@H](c5ccc(C)cc5)N4C3=O)cc2)cc1. The summed E-state index contributed by atoms with van der Waals surface area (Å²) in [6, 6.07) is 29.1. The van der Waals surface area contributed by atoms with Crippen molar-refractivity contribution in [3.8, 4) is 5.75 Å². The van der Waals surface area contributed by atoms with Gasteiger partial charge in [0.15, 0.2) is 0 Å². The minimum Gasteiger partial charge on any atom is -0.497 e. The van der Waals surface area contributed by atoms with Crippen molar-refractivity contribution >= 4 is 34.4 Å². The quantitative estimate of drug-likeness (QED) is 0.232. The molecule has 0 radical (unpaired) electrons. The molecule has 0 bridgehead atoms. The summed E-state index contributed by atoms with van der Waals surface area (Å²) in [6.07, 6.45) is 1.11. The Morgan fingerprint density at radius 2 is 1.66 bits per heavy atom. The number of H-pyrrole nitrogens is 1. The zero-order valence-corrected chi connectivity index (χ0v) is 24.5. The number of aryl methyl sites for hydroxylation is 1. The van der Waals surface area contributed by atoms with Crippen LogP contribution in [0.15, 0.2) is 97.1 Å². The first-order valence-corrected chi connectivity index (χ1v) is 14.8. The van der Waals surface area contributed by atoms with Crippen LogP contribution in [0, 0.1) is 6.92 Å². The average Bonchev–Trinajstić information content (AvgIpc) is 3.54. The molecule has 2 atom stereocenters. The Morgan fingerprint density at radius 3 is 2.39 bits per heavy atom. The number of hydrogen-bond donors (Lipinski definition) is 2. The standard InChI is InChI=1S/C36H32N4O4/c1-22-7-11-24(12-8-22)33-32-29(28-5-3-4-6-30(28)38-32)21-31-35(42)39(36(43)40(31)33)26-15-13-25(14-16-26)34(41)37-20-19-23-9-17-27(44-2)18-10-23/h3-18,31,33,38H,19-21H2,1-2H3,(H,37,41)/t31-,33+/m0/s1. The highest BCUT2D eigenvalue weighted by molar-refractivity contribution is 6.22. The smallest absolute Gasteiger partial charge is 0.332 e. The van der Waals surface area contributed by atoms with Gasteiger partial charge < -0.3 is 15.0 Å². The molecule has 8 heteroatoms. The summed E-state index contributed by atoms with van der Waals surface area (Å²) in [6.45, 7) is 2.50. The molecule has 1 aromatic heterocycles. The number of carbonyl (C=O) groups excluding carboxylic acids is 3. The topological polar surface area (TPSA) is 94.7 Å². The Hall–Kier alpha value is -5.37. The van der Waals surface area contributed by atoms with Gasteiger partial charge in [-0.05, 0) is 72.5 Å². The summed E-state index contributed by atoms with van der Waals surface area (Å²) in [5.74, 6) is 0.308. The minimum atomic E-state index is -0.638. The van der Waals surface area contributed by atoms with Gasteiger partial charge in [0.25, 0.3) is 11.8 Å². The molecule has 0 unspecified atom stereocenters. The molecule has 4 aromatic carbocycles. The third-order valence-electron chi connectivity index (χ3n) is 8.69. The molecule has 1 fully saturated rings. The van der Waals surface area contributed by atoms with Crippen LogP contribution in [0.3, 0.4) is 0 Å². The van der Waals surface area contributed by atoms with Crippen molar-refractivity contribution < 1.29 is 19.1 Å². The number of nitrogens with one attached hydrogen (secondary N) is 2. The van der Waals surface area contributed by atoms with Gasteiger partial charge >= 0.3 is 6.03 Å². The molecule has 4 amide bonds. The summed E-state index contributed by atoms with van der Waals surface area (Å²) >= 11 is 0. The number of anilines is 1. The van der Waals surface area contributed by atoms with Gasteiger partial charge in [-0.25, -0.2) is 9.69 Å². The van der Waals surface area contributed by atoms with Crippen LogP contribution in [-0.2, 0) is 17.6 Å². The van der Waals surface area contributed by atoms with Crippen LogP contribution in [-0.4, -0.2) is 47.4 Å². The van der Waals surface area contributed by atoms with Gasteiger partial charge in [-0.1, -0.05) is 60.2 Å². The van der Waals surface area contributed by atoms with Gasteiger partial charge in [-0.15, -0.1) is 0 Å². The number of rotatable bonds is 7. The molecule has 0 aliphatic carbocycles. The number of para-hydroxylation sites is 1. The number of urea groups is 1. The fourth-order valence-corrected chi connectivity index (χ4v) is 6.38. The molecule has 3 heterocycles. The van der Waals surface area contributed by atoms with Crippen molar-refractivity contribution in [3.63, 3.8) is 0 Å². The Labute approximate surface area is 255 Å². The molecule has 220 valence electrons. The fraction of sp³-hybridized carbons (Fsp3) is 0.194. The molecule has 5 aromatic rings. The highest BCUT2D eigenvalue weighted by Gasteiger charge is 2.53. The number of carbonyl (C=O) groups is 3. The highest BCUT2D eigenvalue weighted by atomic mass is 16.5.